The van der Waals surface area contributed by atoms with Gasteiger partial charge in [0.15, 0.2) is 0 Å². The Labute approximate surface area is 104 Å². The van der Waals surface area contributed by atoms with Gasteiger partial charge in [0, 0.05) is 0 Å². The predicted octanol–water partition coefficient (Wildman–Crippen LogP) is 2.30. The molecule has 76 valence electrons. The second-order valence-corrected chi connectivity index (χ2v) is 11.5. The van der Waals surface area contributed by atoms with Crippen LogP contribution >= 0.6 is 47.0 Å². The molecule has 0 aromatic rings. The van der Waals surface area contributed by atoms with Crippen LogP contribution in [0.2, 0.25) is 0 Å². The van der Waals surface area contributed by atoms with E-state index in [2.05, 4.69) is 47.0 Å². The van der Waals surface area contributed by atoms with Crippen LogP contribution in [0, 0.1) is 0 Å². The van der Waals surface area contributed by atoms with Gasteiger partial charge in [-0.15, -0.1) is 0 Å². The summed E-state index contributed by atoms with van der Waals surface area (Å²) in [7, 11) is 0. The molecule has 0 radical (unpaired) electrons. The topological polar surface area (TPSA) is 0 Å². The Bertz CT molecular complexity index is 131. The average molecular weight is 317 g/mol. The first-order valence-corrected chi connectivity index (χ1v) is 11.2. The quantitative estimate of drug-likeness (QED) is 0.382. The second kappa shape index (κ2) is 6.49. The Kier molecular flexibility index (Phi) is 5.69. The monoisotopic (exact) mass is 318 g/mol. The Balaban J connectivity index is 1.28. The van der Waals surface area contributed by atoms with Crippen LogP contribution in [0.15, 0.2) is 0 Å². The molecule has 0 spiro atoms. The summed E-state index contributed by atoms with van der Waals surface area (Å²) in [5.74, 6) is 5.73. The molecule has 0 amide bonds. The fourth-order valence-corrected chi connectivity index (χ4v) is 8.43. The summed E-state index contributed by atoms with van der Waals surface area (Å²) >= 11 is 9.54. The molecule has 0 nitrogen and oxygen atoms in total. The predicted molar refractivity (Wildman–Crippen MR) is 72.9 cm³/mol. The first-order valence-electron chi connectivity index (χ1n) is 4.41. The summed E-state index contributed by atoms with van der Waals surface area (Å²) in [5, 5.41) is 2.08. The number of rotatable bonds is 8. The van der Waals surface area contributed by atoms with Crippen molar-refractivity contribution in [3.8, 4) is 0 Å². The molecule has 0 saturated carbocycles. The van der Waals surface area contributed by atoms with Gasteiger partial charge < -0.3 is 0 Å². The molecule has 5 heteroatoms. The maximum atomic E-state index is 2.19. The van der Waals surface area contributed by atoms with E-state index >= 15 is 0 Å². The average Bonchev–Trinajstić information content (AvgIpc) is 2.99. The number of hydrogen-bond donors (Lipinski definition) is 0. The van der Waals surface area contributed by atoms with Crippen LogP contribution in [0.5, 0.6) is 0 Å². The van der Waals surface area contributed by atoms with Crippen LogP contribution < -0.4 is 0 Å². The zero-order chi connectivity index (χ0) is 8.93. The SMILES string of the molecule is C(SCC1CS1)[Se]CSCC1CS1. The van der Waals surface area contributed by atoms with Crippen molar-refractivity contribution in [3.05, 3.63) is 0 Å². The van der Waals surface area contributed by atoms with Gasteiger partial charge in [0.05, 0.1) is 0 Å². The minimum absolute atomic E-state index is 0.911. The Morgan fingerprint density at radius 1 is 1.00 bits per heavy atom. The Morgan fingerprint density at radius 3 is 1.85 bits per heavy atom. The first-order chi connectivity index (χ1) is 6.45. The first kappa shape index (κ1) is 11.4. The molecule has 13 heavy (non-hydrogen) atoms. The molecule has 0 bridgehead atoms. The van der Waals surface area contributed by atoms with E-state index in [1.165, 1.54) is 32.3 Å². The van der Waals surface area contributed by atoms with Gasteiger partial charge in [-0.25, -0.2) is 0 Å². The molecule has 2 rings (SSSR count). The summed E-state index contributed by atoms with van der Waals surface area (Å²) in [6.07, 6.45) is 0. The van der Waals surface area contributed by atoms with E-state index in [0.717, 1.165) is 25.5 Å². The van der Waals surface area contributed by atoms with E-state index in [4.69, 9.17) is 0 Å². The van der Waals surface area contributed by atoms with Gasteiger partial charge in [-0.3, -0.25) is 0 Å². The Hall–Kier alpha value is 1.92. The number of thioether (sulfide) groups is 4. The number of hydrogen-bond acceptors (Lipinski definition) is 4. The standard InChI is InChI=1S/C8H14S4Se/c1(7-3-11-7)9-5-13-6-10-2-8-4-12-8/h7-8H,1-6H2. The van der Waals surface area contributed by atoms with Crippen LogP contribution in [-0.2, 0) is 0 Å². The van der Waals surface area contributed by atoms with E-state index in [0.29, 0.717) is 0 Å². The second-order valence-electron chi connectivity index (χ2n) is 3.09. The van der Waals surface area contributed by atoms with Gasteiger partial charge in [0.25, 0.3) is 0 Å². The third kappa shape index (κ3) is 6.16. The van der Waals surface area contributed by atoms with Crippen molar-refractivity contribution >= 4 is 62.0 Å². The minimum atomic E-state index is 0.911. The zero-order valence-corrected chi connectivity index (χ0v) is 12.4. The van der Waals surface area contributed by atoms with Crippen LogP contribution in [0.1, 0.15) is 0 Å². The van der Waals surface area contributed by atoms with Crippen molar-refractivity contribution < 1.29 is 0 Å². The van der Waals surface area contributed by atoms with Crippen LogP contribution in [0.25, 0.3) is 0 Å². The van der Waals surface area contributed by atoms with E-state index in [1.807, 2.05) is 0 Å². The van der Waals surface area contributed by atoms with E-state index in [-0.39, 0.29) is 0 Å². The normalized spacial score (nSPS) is 30.5. The van der Waals surface area contributed by atoms with Crippen molar-refractivity contribution in [3.63, 3.8) is 0 Å². The van der Waals surface area contributed by atoms with Crippen molar-refractivity contribution in [2.24, 2.45) is 0 Å². The molecular formula is C8H14S4Se. The van der Waals surface area contributed by atoms with Crippen LogP contribution in [0.4, 0.5) is 0 Å². The van der Waals surface area contributed by atoms with Crippen molar-refractivity contribution in [2.75, 3.05) is 32.3 Å². The maximum absolute atomic E-state index is 2.19. The summed E-state index contributed by atoms with van der Waals surface area (Å²) in [4.78, 5) is 0. The van der Waals surface area contributed by atoms with Gasteiger partial charge >= 0.3 is 105 Å². The van der Waals surface area contributed by atoms with Gasteiger partial charge in [0.2, 0.25) is 0 Å². The summed E-state index contributed by atoms with van der Waals surface area (Å²) in [6.45, 7) is 0. The van der Waals surface area contributed by atoms with Gasteiger partial charge in [-0.05, 0) is 0 Å². The van der Waals surface area contributed by atoms with Crippen molar-refractivity contribution in [1.29, 1.82) is 0 Å². The molecule has 2 atom stereocenters. The van der Waals surface area contributed by atoms with Crippen molar-refractivity contribution in [1.82, 2.24) is 0 Å². The molecule has 2 unspecified atom stereocenters. The third-order valence-corrected chi connectivity index (χ3v) is 10.2. The fourth-order valence-electron chi connectivity index (χ4n) is 0.840. The molecule has 0 aromatic heterocycles. The molecule has 0 aliphatic carbocycles. The molecule has 0 N–H and O–H groups in total. The molecule has 2 saturated heterocycles. The molecular weight excluding hydrogens is 303 g/mol. The Morgan fingerprint density at radius 2 is 1.46 bits per heavy atom. The summed E-state index contributed by atoms with van der Waals surface area (Å²) in [5.41, 5.74) is 0. The molecule has 0 aromatic carbocycles. The van der Waals surface area contributed by atoms with Crippen molar-refractivity contribution in [2.45, 2.75) is 10.5 Å². The summed E-state index contributed by atoms with van der Waals surface area (Å²) < 4.78 is 2.91. The summed E-state index contributed by atoms with van der Waals surface area (Å²) in [6, 6.07) is 0. The van der Waals surface area contributed by atoms with Crippen LogP contribution in [-0.4, -0.2) is 57.8 Å². The molecule has 2 heterocycles. The van der Waals surface area contributed by atoms with E-state index < -0.39 is 0 Å². The van der Waals surface area contributed by atoms with Gasteiger partial charge in [-0.2, -0.15) is 0 Å². The van der Waals surface area contributed by atoms with E-state index in [9.17, 15) is 0 Å². The molecule has 2 aliphatic heterocycles. The molecule has 2 aliphatic rings. The van der Waals surface area contributed by atoms with E-state index in [1.54, 1.807) is 0 Å². The third-order valence-electron chi connectivity index (χ3n) is 1.75. The zero-order valence-electron chi connectivity index (χ0n) is 7.44. The van der Waals surface area contributed by atoms with Gasteiger partial charge in [0.1, 0.15) is 0 Å². The van der Waals surface area contributed by atoms with Crippen LogP contribution in [0.3, 0.4) is 0 Å². The molecule has 2 fully saturated rings. The van der Waals surface area contributed by atoms with Gasteiger partial charge in [-0.1, -0.05) is 0 Å². The fraction of sp³-hybridized carbons (Fsp3) is 1.00.